The molecule has 0 saturated heterocycles. The number of nitrogens with one attached hydrogen (secondary N) is 1. The zero-order valence-corrected chi connectivity index (χ0v) is 16.3. The summed E-state index contributed by atoms with van der Waals surface area (Å²) in [5, 5.41) is 3.94. The number of amides is 1. The summed E-state index contributed by atoms with van der Waals surface area (Å²) in [5.74, 6) is 1.30. The van der Waals surface area contributed by atoms with Crippen molar-refractivity contribution in [1.82, 2.24) is 4.98 Å². The Kier molecular flexibility index (Phi) is 5.31. The Morgan fingerprint density at radius 3 is 2.52 bits per heavy atom. The normalized spacial score (nSPS) is 10.7. The first kappa shape index (κ1) is 18.7. The van der Waals surface area contributed by atoms with E-state index in [1.54, 1.807) is 14.2 Å². The van der Waals surface area contributed by atoms with Crippen molar-refractivity contribution in [2.45, 2.75) is 27.2 Å². The van der Waals surface area contributed by atoms with Gasteiger partial charge in [-0.1, -0.05) is 19.1 Å². The number of rotatable bonds is 5. The van der Waals surface area contributed by atoms with Crippen LogP contribution < -0.4 is 14.8 Å². The second kappa shape index (κ2) is 7.66. The van der Waals surface area contributed by atoms with Gasteiger partial charge in [0.25, 0.3) is 0 Å². The molecule has 0 unspecified atom stereocenters. The van der Waals surface area contributed by atoms with E-state index in [2.05, 4.69) is 5.32 Å². The van der Waals surface area contributed by atoms with Crippen molar-refractivity contribution in [1.29, 1.82) is 0 Å². The second-order valence-corrected chi connectivity index (χ2v) is 6.42. The zero-order valence-electron chi connectivity index (χ0n) is 16.3. The highest BCUT2D eigenvalue weighted by Gasteiger charge is 2.16. The number of carbonyl (C=O) groups is 1. The molecule has 0 saturated carbocycles. The quantitative estimate of drug-likeness (QED) is 0.701. The molecule has 5 nitrogen and oxygen atoms in total. The highest BCUT2D eigenvalue weighted by Crippen LogP contribution is 2.39. The van der Waals surface area contributed by atoms with Crippen LogP contribution in [-0.4, -0.2) is 25.1 Å². The lowest BCUT2D eigenvalue weighted by Gasteiger charge is -2.16. The molecule has 1 aromatic heterocycles. The molecular weight excluding hydrogens is 340 g/mol. The summed E-state index contributed by atoms with van der Waals surface area (Å²) in [6.07, 6.45) is 0.431. The standard InChI is InChI=1S/C22H24N2O3/c1-6-19(25)23-16-11-10-13(2)21-20(16)14(3)12-17(24-21)15-8-7-9-18(26-4)22(15)27-5/h7-12H,6H2,1-5H3,(H,23,25). The SMILES string of the molecule is CCC(=O)Nc1ccc(C)c2nc(-c3cccc(OC)c3OC)cc(C)c12. The van der Waals surface area contributed by atoms with Crippen molar-refractivity contribution in [3.8, 4) is 22.8 Å². The number of benzene rings is 2. The molecule has 0 atom stereocenters. The first-order valence-electron chi connectivity index (χ1n) is 8.92. The zero-order chi connectivity index (χ0) is 19.6. The molecule has 0 spiro atoms. The number of ether oxygens (including phenoxy) is 2. The topological polar surface area (TPSA) is 60.5 Å². The molecule has 0 aliphatic heterocycles. The number of aromatic nitrogens is 1. The first-order valence-corrected chi connectivity index (χ1v) is 8.92. The molecule has 140 valence electrons. The van der Waals surface area contributed by atoms with Crippen LogP contribution in [0.2, 0.25) is 0 Å². The van der Waals surface area contributed by atoms with Crippen LogP contribution in [0.1, 0.15) is 24.5 Å². The number of anilines is 1. The molecule has 0 aliphatic carbocycles. The molecule has 3 aromatic rings. The highest BCUT2D eigenvalue weighted by atomic mass is 16.5. The second-order valence-electron chi connectivity index (χ2n) is 6.42. The Labute approximate surface area is 159 Å². The van der Waals surface area contributed by atoms with Crippen molar-refractivity contribution in [2.24, 2.45) is 0 Å². The Hall–Kier alpha value is -3.08. The fourth-order valence-corrected chi connectivity index (χ4v) is 3.24. The minimum atomic E-state index is -0.0157. The van der Waals surface area contributed by atoms with Crippen molar-refractivity contribution >= 4 is 22.5 Å². The number of carbonyl (C=O) groups excluding carboxylic acids is 1. The number of methoxy groups -OCH3 is 2. The molecular formula is C22H24N2O3. The van der Waals surface area contributed by atoms with Crippen molar-refractivity contribution in [2.75, 3.05) is 19.5 Å². The molecule has 3 rings (SSSR count). The van der Waals surface area contributed by atoms with E-state index in [4.69, 9.17) is 14.5 Å². The molecule has 0 radical (unpaired) electrons. The average molecular weight is 364 g/mol. The van der Waals surface area contributed by atoms with E-state index in [0.29, 0.717) is 17.9 Å². The Morgan fingerprint density at radius 2 is 1.85 bits per heavy atom. The fourth-order valence-electron chi connectivity index (χ4n) is 3.24. The van der Waals surface area contributed by atoms with Crippen molar-refractivity contribution < 1.29 is 14.3 Å². The lowest BCUT2D eigenvalue weighted by Crippen LogP contribution is -2.10. The van der Waals surface area contributed by atoms with Gasteiger partial charge in [0.05, 0.1) is 31.1 Å². The van der Waals surface area contributed by atoms with Gasteiger partial charge in [0, 0.05) is 17.4 Å². The number of hydrogen-bond acceptors (Lipinski definition) is 4. The summed E-state index contributed by atoms with van der Waals surface area (Å²) < 4.78 is 11.0. The van der Waals surface area contributed by atoms with Crippen LogP contribution in [0.3, 0.4) is 0 Å². The van der Waals surface area contributed by atoms with E-state index in [-0.39, 0.29) is 5.91 Å². The van der Waals surface area contributed by atoms with Crippen LogP contribution in [0.5, 0.6) is 11.5 Å². The fraction of sp³-hybridized carbons (Fsp3) is 0.273. The molecule has 1 heterocycles. The van der Waals surface area contributed by atoms with E-state index >= 15 is 0 Å². The largest absolute Gasteiger partial charge is 0.493 e. The van der Waals surface area contributed by atoms with Gasteiger partial charge >= 0.3 is 0 Å². The summed E-state index contributed by atoms with van der Waals surface area (Å²) in [7, 11) is 3.24. The van der Waals surface area contributed by atoms with Gasteiger partial charge in [-0.2, -0.15) is 0 Å². The van der Waals surface area contributed by atoms with E-state index < -0.39 is 0 Å². The maximum atomic E-state index is 11.9. The average Bonchev–Trinajstić information content (AvgIpc) is 2.68. The van der Waals surface area contributed by atoms with Gasteiger partial charge in [-0.15, -0.1) is 0 Å². The molecule has 27 heavy (non-hydrogen) atoms. The van der Waals surface area contributed by atoms with E-state index in [9.17, 15) is 4.79 Å². The Bertz CT molecular complexity index is 1010. The van der Waals surface area contributed by atoms with Crippen LogP contribution in [0, 0.1) is 13.8 Å². The number of pyridine rings is 1. The van der Waals surface area contributed by atoms with Crippen LogP contribution in [0.4, 0.5) is 5.69 Å². The third kappa shape index (κ3) is 3.45. The Morgan fingerprint density at radius 1 is 1.07 bits per heavy atom. The predicted molar refractivity (Wildman–Crippen MR) is 109 cm³/mol. The van der Waals surface area contributed by atoms with E-state index in [1.165, 1.54) is 0 Å². The summed E-state index contributed by atoms with van der Waals surface area (Å²) in [4.78, 5) is 16.8. The van der Waals surface area contributed by atoms with Crippen molar-refractivity contribution in [3.63, 3.8) is 0 Å². The van der Waals surface area contributed by atoms with Crippen LogP contribution in [-0.2, 0) is 4.79 Å². The highest BCUT2D eigenvalue weighted by molar-refractivity contribution is 6.04. The monoisotopic (exact) mass is 364 g/mol. The summed E-state index contributed by atoms with van der Waals surface area (Å²) in [5.41, 5.74) is 5.41. The third-order valence-electron chi connectivity index (χ3n) is 4.63. The van der Waals surface area contributed by atoms with Gasteiger partial charge in [-0.3, -0.25) is 4.79 Å². The number of nitrogens with zero attached hydrogens (tertiary/aromatic N) is 1. The van der Waals surface area contributed by atoms with Gasteiger partial charge < -0.3 is 14.8 Å². The summed E-state index contributed by atoms with van der Waals surface area (Å²) in [6, 6.07) is 11.7. The van der Waals surface area contributed by atoms with Crippen molar-refractivity contribution in [3.05, 3.63) is 47.5 Å². The number of hydrogen-bond donors (Lipinski definition) is 1. The molecule has 0 bridgehead atoms. The molecule has 5 heteroatoms. The minimum absolute atomic E-state index is 0.0157. The number of aryl methyl sites for hydroxylation is 2. The maximum absolute atomic E-state index is 11.9. The lowest BCUT2D eigenvalue weighted by atomic mass is 10.0. The number of fused-ring (bicyclic) bond motifs is 1. The first-order chi connectivity index (χ1) is 13.0. The molecule has 1 amide bonds. The van der Waals surface area contributed by atoms with Gasteiger partial charge in [0.2, 0.25) is 5.91 Å². The van der Waals surface area contributed by atoms with Gasteiger partial charge in [-0.25, -0.2) is 4.98 Å². The van der Waals surface area contributed by atoms with Gasteiger partial charge in [0.15, 0.2) is 11.5 Å². The minimum Gasteiger partial charge on any atom is -0.493 e. The Balaban J connectivity index is 2.24. The summed E-state index contributed by atoms with van der Waals surface area (Å²) in [6.45, 7) is 5.89. The maximum Gasteiger partial charge on any atom is 0.224 e. The third-order valence-corrected chi connectivity index (χ3v) is 4.63. The van der Waals surface area contributed by atoms with Gasteiger partial charge in [0.1, 0.15) is 0 Å². The van der Waals surface area contributed by atoms with Crippen LogP contribution in [0.25, 0.3) is 22.2 Å². The van der Waals surface area contributed by atoms with Crippen LogP contribution >= 0.6 is 0 Å². The smallest absolute Gasteiger partial charge is 0.224 e. The van der Waals surface area contributed by atoms with Crippen LogP contribution in [0.15, 0.2) is 36.4 Å². The van der Waals surface area contributed by atoms with E-state index in [1.807, 2.05) is 57.2 Å². The molecule has 0 aliphatic rings. The molecule has 0 fully saturated rings. The number of para-hydroxylation sites is 1. The molecule has 2 aromatic carbocycles. The molecule has 1 N–H and O–H groups in total. The lowest BCUT2D eigenvalue weighted by molar-refractivity contribution is -0.115. The predicted octanol–water partition coefficient (Wildman–Crippen LogP) is 4.88. The van der Waals surface area contributed by atoms with E-state index in [0.717, 1.165) is 39.0 Å². The summed E-state index contributed by atoms with van der Waals surface area (Å²) >= 11 is 0. The van der Waals surface area contributed by atoms with Gasteiger partial charge in [-0.05, 0) is 49.2 Å².